The third kappa shape index (κ3) is 7.18. The lowest BCUT2D eigenvalue weighted by molar-refractivity contribution is -0.189. The highest BCUT2D eigenvalue weighted by molar-refractivity contribution is 6.32. The van der Waals surface area contributed by atoms with Crippen LogP contribution in [0.2, 0.25) is 5.02 Å². The second kappa shape index (κ2) is 12.4. The Balaban J connectivity index is 1.43. The van der Waals surface area contributed by atoms with Gasteiger partial charge in [0.2, 0.25) is 0 Å². The number of halogens is 5. The van der Waals surface area contributed by atoms with E-state index < -0.39 is 12.1 Å². The van der Waals surface area contributed by atoms with Crippen LogP contribution in [0.4, 0.5) is 29.1 Å². The summed E-state index contributed by atoms with van der Waals surface area (Å²) < 4.78 is 68.7. The Bertz CT molecular complexity index is 1600. The van der Waals surface area contributed by atoms with E-state index in [1.807, 2.05) is 7.05 Å². The van der Waals surface area contributed by atoms with Crippen molar-refractivity contribution in [3.8, 4) is 17.2 Å². The summed E-state index contributed by atoms with van der Waals surface area (Å²) >= 11 is 6.45. The number of fused-ring (bicyclic) bond motifs is 1. The van der Waals surface area contributed by atoms with Crippen molar-refractivity contribution >= 4 is 40.0 Å². The minimum atomic E-state index is -5.17. The molecule has 0 saturated carbocycles. The minimum absolute atomic E-state index is 0.111. The highest BCUT2D eigenvalue weighted by atomic mass is 35.5. The van der Waals surface area contributed by atoms with E-state index in [9.17, 15) is 22.4 Å². The highest BCUT2D eigenvalue weighted by Gasteiger charge is 2.41. The first-order valence-corrected chi connectivity index (χ1v) is 13.3. The molecule has 1 aliphatic heterocycles. The molecule has 0 spiro atoms. The Morgan fingerprint density at radius 2 is 1.86 bits per heavy atom. The normalized spacial score (nSPS) is 14.5. The molecule has 220 valence electrons. The Morgan fingerprint density at radius 1 is 1.07 bits per heavy atom. The standard InChI is InChI=1S/C29H25ClF4N4O4/c1-38-9-7-20(8-10-38)41-25-14-21(42-28(39)29(32,33)34)13-23-26(25)27(36-16-35-23)37-19-5-6-24(22(30)12-19)40-15-17-3-2-4-18(31)11-17/h2-6,11-14,16,20H,7-10,15H2,1H3,(H,35,36,37). The predicted octanol–water partition coefficient (Wildman–Crippen LogP) is 6.69. The molecule has 1 N–H and O–H groups in total. The van der Waals surface area contributed by atoms with Crippen LogP contribution in [0.3, 0.4) is 0 Å². The zero-order valence-electron chi connectivity index (χ0n) is 22.3. The average molecular weight is 605 g/mol. The van der Waals surface area contributed by atoms with Gasteiger partial charge in [-0.3, -0.25) is 0 Å². The number of carbonyl (C=O) groups is 1. The van der Waals surface area contributed by atoms with Crippen LogP contribution in [-0.4, -0.2) is 53.3 Å². The number of hydrogen-bond acceptors (Lipinski definition) is 8. The quantitative estimate of drug-likeness (QED) is 0.135. The number of benzene rings is 3. The van der Waals surface area contributed by atoms with E-state index in [0.29, 0.717) is 41.0 Å². The van der Waals surface area contributed by atoms with Crippen LogP contribution in [0.1, 0.15) is 18.4 Å². The van der Waals surface area contributed by atoms with Gasteiger partial charge in [-0.25, -0.2) is 19.2 Å². The Kier molecular flexibility index (Phi) is 8.64. The molecular weight excluding hydrogens is 580 g/mol. The van der Waals surface area contributed by atoms with Gasteiger partial charge in [-0.1, -0.05) is 23.7 Å². The molecule has 4 aromatic rings. The van der Waals surface area contributed by atoms with Crippen molar-refractivity contribution in [2.45, 2.75) is 31.7 Å². The fraction of sp³-hybridized carbons (Fsp3) is 0.276. The van der Waals surface area contributed by atoms with Crippen LogP contribution in [0.15, 0.2) is 60.9 Å². The van der Waals surface area contributed by atoms with Gasteiger partial charge in [-0.15, -0.1) is 0 Å². The first-order valence-electron chi connectivity index (χ1n) is 12.9. The summed E-state index contributed by atoms with van der Waals surface area (Å²) in [5.74, 6) is -2.25. The number of piperidine rings is 1. The molecule has 0 radical (unpaired) electrons. The number of carbonyl (C=O) groups excluding carboxylic acids is 1. The number of alkyl halides is 3. The van der Waals surface area contributed by atoms with Gasteiger partial charge in [0.15, 0.2) is 0 Å². The second-order valence-electron chi connectivity index (χ2n) is 9.73. The topological polar surface area (TPSA) is 85.8 Å². The molecule has 0 atom stereocenters. The number of ether oxygens (including phenoxy) is 3. The summed E-state index contributed by atoms with van der Waals surface area (Å²) in [4.78, 5) is 22.2. The molecule has 1 fully saturated rings. The van der Waals surface area contributed by atoms with Crippen molar-refractivity contribution < 1.29 is 36.6 Å². The van der Waals surface area contributed by atoms with Crippen molar-refractivity contribution in [1.29, 1.82) is 0 Å². The SMILES string of the molecule is CN1CCC(Oc2cc(OC(=O)C(F)(F)F)cc3ncnc(Nc4ccc(OCc5cccc(F)c5)c(Cl)c4)c23)CC1. The monoisotopic (exact) mass is 604 g/mol. The van der Waals surface area contributed by atoms with Crippen LogP contribution in [-0.2, 0) is 11.4 Å². The van der Waals surface area contributed by atoms with Crippen LogP contribution in [0.25, 0.3) is 10.9 Å². The van der Waals surface area contributed by atoms with Gasteiger partial charge in [0, 0.05) is 30.9 Å². The maximum absolute atomic E-state index is 13.5. The fourth-order valence-electron chi connectivity index (χ4n) is 4.44. The van der Waals surface area contributed by atoms with Crippen LogP contribution in [0, 0.1) is 5.82 Å². The van der Waals surface area contributed by atoms with Gasteiger partial charge in [0.1, 0.15) is 47.9 Å². The smallest absolute Gasteiger partial charge is 0.489 e. The zero-order chi connectivity index (χ0) is 29.9. The van der Waals surface area contributed by atoms with Gasteiger partial charge < -0.3 is 24.4 Å². The maximum Gasteiger partial charge on any atom is 0.491 e. The number of esters is 1. The van der Waals surface area contributed by atoms with E-state index in [1.165, 1.54) is 30.6 Å². The van der Waals surface area contributed by atoms with Gasteiger partial charge in [0.25, 0.3) is 0 Å². The Labute approximate surface area is 243 Å². The number of nitrogens with one attached hydrogen (secondary N) is 1. The number of rotatable bonds is 8. The van der Waals surface area contributed by atoms with Gasteiger partial charge >= 0.3 is 12.1 Å². The summed E-state index contributed by atoms with van der Waals surface area (Å²) in [5.41, 5.74) is 1.36. The molecule has 1 aliphatic rings. The third-order valence-electron chi connectivity index (χ3n) is 6.55. The number of aromatic nitrogens is 2. The lowest BCUT2D eigenvalue weighted by Gasteiger charge is -2.29. The van der Waals surface area contributed by atoms with E-state index in [1.54, 1.807) is 30.3 Å². The molecule has 5 rings (SSSR count). The number of nitrogens with zero attached hydrogens (tertiary/aromatic N) is 3. The molecule has 0 bridgehead atoms. The third-order valence-corrected chi connectivity index (χ3v) is 6.85. The largest absolute Gasteiger partial charge is 0.491 e. The molecular formula is C29H25ClF4N4O4. The van der Waals surface area contributed by atoms with E-state index >= 15 is 0 Å². The summed E-state index contributed by atoms with van der Waals surface area (Å²) in [7, 11) is 1.99. The molecule has 1 saturated heterocycles. The van der Waals surface area contributed by atoms with Gasteiger partial charge in [-0.05, 0) is 55.8 Å². The Hall–Kier alpha value is -4.16. The molecule has 0 amide bonds. The summed E-state index contributed by atoms with van der Waals surface area (Å²) in [6, 6.07) is 13.4. The molecule has 42 heavy (non-hydrogen) atoms. The number of anilines is 2. The van der Waals surface area contributed by atoms with E-state index in [4.69, 9.17) is 21.1 Å². The van der Waals surface area contributed by atoms with Gasteiger partial charge in [-0.2, -0.15) is 13.2 Å². The molecule has 13 heteroatoms. The van der Waals surface area contributed by atoms with Gasteiger partial charge in [0.05, 0.1) is 15.9 Å². The van der Waals surface area contributed by atoms with Crippen molar-refractivity contribution in [3.63, 3.8) is 0 Å². The van der Waals surface area contributed by atoms with Crippen LogP contribution < -0.4 is 19.5 Å². The Morgan fingerprint density at radius 3 is 2.57 bits per heavy atom. The van der Waals surface area contributed by atoms with Crippen molar-refractivity contribution in [2.24, 2.45) is 0 Å². The maximum atomic E-state index is 13.5. The highest BCUT2D eigenvalue weighted by Crippen LogP contribution is 2.38. The molecule has 0 unspecified atom stereocenters. The van der Waals surface area contributed by atoms with E-state index in [0.717, 1.165) is 13.1 Å². The van der Waals surface area contributed by atoms with Crippen molar-refractivity contribution in [1.82, 2.24) is 14.9 Å². The van der Waals surface area contributed by atoms with Crippen LogP contribution in [0.5, 0.6) is 17.2 Å². The lowest BCUT2D eigenvalue weighted by atomic mass is 10.1. The van der Waals surface area contributed by atoms with E-state index in [2.05, 4.69) is 24.9 Å². The van der Waals surface area contributed by atoms with Crippen LogP contribution >= 0.6 is 11.6 Å². The summed E-state index contributed by atoms with van der Waals surface area (Å²) in [6.07, 6.45) is -2.80. The number of likely N-dealkylation sites (tertiary alicyclic amines) is 1. The zero-order valence-corrected chi connectivity index (χ0v) is 23.0. The molecule has 0 aliphatic carbocycles. The van der Waals surface area contributed by atoms with Crippen molar-refractivity contribution in [3.05, 3.63) is 77.3 Å². The second-order valence-corrected chi connectivity index (χ2v) is 10.1. The first kappa shape index (κ1) is 29.3. The minimum Gasteiger partial charge on any atom is -0.489 e. The summed E-state index contributed by atoms with van der Waals surface area (Å²) in [6.45, 7) is 1.66. The average Bonchev–Trinajstić information content (AvgIpc) is 2.93. The molecule has 2 heterocycles. The van der Waals surface area contributed by atoms with E-state index in [-0.39, 0.29) is 40.6 Å². The first-order chi connectivity index (χ1) is 20.0. The molecule has 1 aromatic heterocycles. The fourth-order valence-corrected chi connectivity index (χ4v) is 4.68. The summed E-state index contributed by atoms with van der Waals surface area (Å²) in [5, 5.41) is 3.81. The predicted molar refractivity (Wildman–Crippen MR) is 148 cm³/mol. The number of hydrogen-bond donors (Lipinski definition) is 1. The lowest BCUT2D eigenvalue weighted by Crippen LogP contribution is -2.35. The molecule has 8 nitrogen and oxygen atoms in total. The molecule has 3 aromatic carbocycles. The van der Waals surface area contributed by atoms with Crippen molar-refractivity contribution in [2.75, 3.05) is 25.5 Å².